The van der Waals surface area contributed by atoms with Gasteiger partial charge in [-0.1, -0.05) is 48.5 Å². The van der Waals surface area contributed by atoms with E-state index in [-0.39, 0.29) is 26.2 Å². The number of nitrogens with zero attached hydrogens (tertiary/aromatic N) is 1. The monoisotopic (exact) mass is 441 g/mol. The van der Waals surface area contributed by atoms with Gasteiger partial charge in [-0.2, -0.15) is 0 Å². The van der Waals surface area contributed by atoms with Crippen molar-refractivity contribution in [3.05, 3.63) is 65.7 Å². The Kier molecular flexibility index (Phi) is 7.83. The largest absolute Gasteiger partial charge is 0.465 e. The van der Waals surface area contributed by atoms with Gasteiger partial charge in [0.2, 0.25) is 0 Å². The summed E-state index contributed by atoms with van der Waals surface area (Å²) in [5.41, 5.74) is 1.73. The van der Waals surface area contributed by atoms with E-state index < -0.39 is 36.1 Å². The molecule has 0 bridgehead atoms. The van der Waals surface area contributed by atoms with Crippen LogP contribution in [0.4, 0.5) is 10.5 Å². The van der Waals surface area contributed by atoms with Crippen molar-refractivity contribution in [2.24, 2.45) is 5.92 Å². The number of ether oxygens (including phenoxy) is 3. The lowest BCUT2D eigenvalue weighted by Gasteiger charge is -2.39. The van der Waals surface area contributed by atoms with Gasteiger partial charge < -0.3 is 19.3 Å². The van der Waals surface area contributed by atoms with Crippen LogP contribution >= 0.6 is 0 Å². The Morgan fingerprint density at radius 1 is 0.938 bits per heavy atom. The topological polar surface area (TPSA) is 102 Å². The first-order valence-corrected chi connectivity index (χ1v) is 10.6. The molecule has 2 aromatic carbocycles. The normalized spacial score (nSPS) is 17.4. The van der Waals surface area contributed by atoms with E-state index >= 15 is 0 Å². The third-order valence-electron chi connectivity index (χ3n) is 5.24. The Morgan fingerprint density at radius 3 is 2.16 bits per heavy atom. The molecule has 1 N–H and O–H groups in total. The molecule has 1 amide bonds. The van der Waals surface area contributed by atoms with E-state index in [1.54, 1.807) is 38.1 Å². The van der Waals surface area contributed by atoms with Crippen LogP contribution in [0.5, 0.6) is 0 Å². The fourth-order valence-electron chi connectivity index (χ4n) is 3.85. The maximum atomic E-state index is 12.9. The van der Waals surface area contributed by atoms with Gasteiger partial charge in [0.25, 0.3) is 0 Å². The molecule has 8 nitrogen and oxygen atoms in total. The van der Waals surface area contributed by atoms with Crippen LogP contribution in [0.2, 0.25) is 0 Å². The predicted octanol–water partition coefficient (Wildman–Crippen LogP) is 3.38. The van der Waals surface area contributed by atoms with Gasteiger partial charge in [0, 0.05) is 12.3 Å². The van der Waals surface area contributed by atoms with Gasteiger partial charge in [-0.15, -0.1) is 0 Å². The molecule has 1 aliphatic rings. The van der Waals surface area contributed by atoms with Crippen LogP contribution in [0, 0.1) is 5.92 Å². The SMILES string of the molecule is CCOC(=O)C(C(=O)OCC)[C@H]1CC(O)N(C(=O)OCc2ccccc2)c2ccccc21. The van der Waals surface area contributed by atoms with Crippen molar-refractivity contribution < 1.29 is 33.7 Å². The fraction of sp³-hybridized carbons (Fsp3) is 0.375. The summed E-state index contributed by atoms with van der Waals surface area (Å²) in [6.07, 6.45) is -2.08. The molecule has 8 heteroatoms. The third kappa shape index (κ3) is 5.08. The number of hydrogen-bond donors (Lipinski definition) is 1. The predicted molar refractivity (Wildman–Crippen MR) is 116 cm³/mol. The van der Waals surface area contributed by atoms with Crippen LogP contribution in [0.3, 0.4) is 0 Å². The summed E-state index contributed by atoms with van der Waals surface area (Å²) in [5, 5.41) is 10.8. The van der Waals surface area contributed by atoms with Crippen molar-refractivity contribution >= 4 is 23.7 Å². The summed E-state index contributed by atoms with van der Waals surface area (Å²) < 4.78 is 15.6. The van der Waals surface area contributed by atoms with Crippen LogP contribution in [0.15, 0.2) is 54.6 Å². The molecule has 0 saturated heterocycles. The first-order valence-electron chi connectivity index (χ1n) is 10.6. The molecule has 2 atom stereocenters. The van der Waals surface area contributed by atoms with E-state index in [0.29, 0.717) is 11.3 Å². The number of aliphatic hydroxyl groups is 1. The molecular formula is C24H27NO7. The van der Waals surface area contributed by atoms with Crippen molar-refractivity contribution in [2.75, 3.05) is 18.1 Å². The number of aliphatic hydroxyl groups excluding tert-OH is 1. The van der Waals surface area contributed by atoms with Gasteiger partial charge in [0.15, 0.2) is 5.92 Å². The minimum absolute atomic E-state index is 0.0444. The average molecular weight is 441 g/mol. The Hall–Kier alpha value is -3.39. The van der Waals surface area contributed by atoms with Gasteiger partial charge in [-0.25, -0.2) is 4.79 Å². The van der Waals surface area contributed by atoms with E-state index in [2.05, 4.69) is 0 Å². The number of hydrogen-bond acceptors (Lipinski definition) is 7. The molecule has 0 radical (unpaired) electrons. The summed E-state index contributed by atoms with van der Waals surface area (Å²) in [6.45, 7) is 3.54. The lowest BCUT2D eigenvalue weighted by Crippen LogP contribution is -2.47. The Balaban J connectivity index is 1.90. The first-order chi connectivity index (χ1) is 15.5. The number of carbonyl (C=O) groups excluding carboxylic acids is 3. The first kappa shape index (κ1) is 23.3. The zero-order chi connectivity index (χ0) is 23.1. The summed E-state index contributed by atoms with van der Waals surface area (Å²) in [4.78, 5) is 39.3. The number of amides is 1. The second-order valence-electron chi connectivity index (χ2n) is 7.27. The van der Waals surface area contributed by atoms with Gasteiger partial charge in [0.1, 0.15) is 12.8 Å². The summed E-state index contributed by atoms with van der Waals surface area (Å²) >= 11 is 0. The van der Waals surface area contributed by atoms with E-state index in [1.807, 2.05) is 30.3 Å². The second kappa shape index (κ2) is 10.8. The van der Waals surface area contributed by atoms with Crippen LogP contribution < -0.4 is 4.90 Å². The highest BCUT2D eigenvalue weighted by Gasteiger charge is 2.45. The van der Waals surface area contributed by atoms with Crippen LogP contribution in [0.1, 0.15) is 37.3 Å². The number of anilines is 1. The zero-order valence-corrected chi connectivity index (χ0v) is 18.1. The van der Waals surface area contributed by atoms with Gasteiger partial charge in [0.05, 0.1) is 18.9 Å². The molecular weight excluding hydrogens is 414 g/mol. The van der Waals surface area contributed by atoms with Crippen molar-refractivity contribution in [1.29, 1.82) is 0 Å². The maximum absolute atomic E-state index is 12.9. The van der Waals surface area contributed by atoms with Crippen molar-refractivity contribution in [1.82, 2.24) is 0 Å². The highest BCUT2D eigenvalue weighted by atomic mass is 16.6. The summed E-state index contributed by atoms with van der Waals surface area (Å²) in [6, 6.07) is 16.0. The fourth-order valence-corrected chi connectivity index (χ4v) is 3.85. The molecule has 170 valence electrons. The molecule has 1 heterocycles. The average Bonchev–Trinajstić information content (AvgIpc) is 2.79. The highest BCUT2D eigenvalue weighted by molar-refractivity contribution is 5.97. The Morgan fingerprint density at radius 2 is 1.53 bits per heavy atom. The number of rotatable bonds is 7. The van der Waals surface area contributed by atoms with Crippen molar-refractivity contribution in [3.8, 4) is 0 Å². The number of benzene rings is 2. The van der Waals surface area contributed by atoms with E-state index in [0.717, 1.165) is 10.5 Å². The molecule has 0 aliphatic carbocycles. The lowest BCUT2D eigenvalue weighted by molar-refractivity contribution is -0.163. The Bertz CT molecular complexity index is 928. The van der Waals surface area contributed by atoms with Gasteiger partial charge in [-0.05, 0) is 31.0 Å². The molecule has 3 rings (SSSR count). The summed E-state index contributed by atoms with van der Waals surface area (Å²) in [5.74, 6) is -3.43. The molecule has 2 aromatic rings. The Labute approximate surface area is 186 Å². The van der Waals surface area contributed by atoms with Crippen LogP contribution in [-0.2, 0) is 30.4 Å². The second-order valence-corrected chi connectivity index (χ2v) is 7.27. The third-order valence-corrected chi connectivity index (χ3v) is 5.24. The van der Waals surface area contributed by atoms with E-state index in [9.17, 15) is 19.5 Å². The van der Waals surface area contributed by atoms with Crippen LogP contribution in [0.25, 0.3) is 0 Å². The smallest absolute Gasteiger partial charge is 0.416 e. The van der Waals surface area contributed by atoms with E-state index in [4.69, 9.17) is 14.2 Å². The van der Waals surface area contributed by atoms with Crippen LogP contribution in [-0.4, -0.2) is 42.6 Å². The number of para-hydroxylation sites is 1. The quantitative estimate of drug-likeness (QED) is 0.399. The molecule has 1 unspecified atom stereocenters. The van der Waals surface area contributed by atoms with Gasteiger partial charge in [-0.3, -0.25) is 14.5 Å². The minimum Gasteiger partial charge on any atom is -0.465 e. The molecule has 1 aliphatic heterocycles. The number of esters is 2. The molecule has 0 fully saturated rings. The van der Waals surface area contributed by atoms with E-state index in [1.165, 1.54) is 0 Å². The number of carbonyl (C=O) groups is 3. The number of fused-ring (bicyclic) bond motifs is 1. The lowest BCUT2D eigenvalue weighted by atomic mass is 9.79. The molecule has 32 heavy (non-hydrogen) atoms. The molecule has 0 aromatic heterocycles. The molecule has 0 saturated carbocycles. The van der Waals surface area contributed by atoms with Gasteiger partial charge >= 0.3 is 18.0 Å². The minimum atomic E-state index is -1.30. The maximum Gasteiger partial charge on any atom is 0.416 e. The zero-order valence-electron chi connectivity index (χ0n) is 18.1. The molecule has 0 spiro atoms. The standard InChI is InChI=1S/C24H27NO7/c1-3-30-22(27)21(23(28)31-4-2)18-14-20(26)25(19-13-9-8-12-17(18)19)24(29)32-15-16-10-6-5-7-11-16/h5-13,18,20-21,26H,3-4,14-15H2,1-2H3/t18-,20?/m0/s1. The summed E-state index contributed by atoms with van der Waals surface area (Å²) in [7, 11) is 0. The van der Waals surface area contributed by atoms with Crippen molar-refractivity contribution in [3.63, 3.8) is 0 Å². The van der Waals surface area contributed by atoms with Crippen molar-refractivity contribution in [2.45, 2.75) is 39.0 Å². The highest BCUT2D eigenvalue weighted by Crippen LogP contribution is 2.43.